The number of hydrogen-bond acceptors (Lipinski definition) is 3. The Morgan fingerprint density at radius 3 is 2.08 bits per heavy atom. The SMILES string of the molecule is CC(N1CCCCC1)[Si](C)(O)O. The predicted molar refractivity (Wildman–Crippen MR) is 50.9 cm³/mol. The molecule has 72 valence electrons. The second kappa shape index (κ2) is 3.87. The number of hydrogen-bond donors (Lipinski definition) is 2. The van der Waals surface area contributed by atoms with Crippen molar-refractivity contribution in [3.8, 4) is 0 Å². The molecular weight excluding hydrogens is 170 g/mol. The van der Waals surface area contributed by atoms with Gasteiger partial charge in [-0.2, -0.15) is 0 Å². The van der Waals surface area contributed by atoms with Gasteiger partial charge in [-0.25, -0.2) is 0 Å². The molecule has 0 saturated carbocycles. The molecule has 1 atom stereocenters. The first-order valence-corrected chi connectivity index (χ1v) is 7.18. The standard InChI is InChI=1S/C8H19NO2Si/c1-8(12(2,10)11)9-6-4-3-5-7-9/h8,10-11H,3-7H2,1-2H3. The van der Waals surface area contributed by atoms with E-state index in [2.05, 4.69) is 4.90 Å². The highest BCUT2D eigenvalue weighted by atomic mass is 28.4. The number of nitrogens with zero attached hydrogens (tertiary/aromatic N) is 1. The Kier molecular flexibility index (Phi) is 3.28. The van der Waals surface area contributed by atoms with Gasteiger partial charge in [0.15, 0.2) is 0 Å². The minimum atomic E-state index is -2.92. The molecule has 1 unspecified atom stereocenters. The summed E-state index contributed by atoms with van der Waals surface area (Å²) in [7, 11) is -2.92. The first kappa shape index (κ1) is 10.2. The van der Waals surface area contributed by atoms with Gasteiger partial charge in [0.2, 0.25) is 0 Å². The third kappa shape index (κ3) is 2.55. The van der Waals surface area contributed by atoms with E-state index in [1.165, 1.54) is 19.3 Å². The van der Waals surface area contributed by atoms with E-state index in [1.54, 1.807) is 6.55 Å². The summed E-state index contributed by atoms with van der Waals surface area (Å²) < 4.78 is 0. The van der Waals surface area contributed by atoms with Crippen LogP contribution in [0.25, 0.3) is 0 Å². The maximum Gasteiger partial charge on any atom is 0.347 e. The molecule has 1 aliphatic rings. The minimum absolute atomic E-state index is 0.0159. The fraction of sp³-hybridized carbons (Fsp3) is 1.00. The van der Waals surface area contributed by atoms with Crippen LogP contribution in [0.2, 0.25) is 6.55 Å². The van der Waals surface area contributed by atoms with Crippen molar-refractivity contribution in [2.45, 2.75) is 38.4 Å². The summed E-state index contributed by atoms with van der Waals surface area (Å²) in [5.74, 6) is 0. The number of piperidine rings is 1. The van der Waals surface area contributed by atoms with E-state index in [9.17, 15) is 9.59 Å². The second-order valence-electron chi connectivity index (χ2n) is 3.87. The zero-order valence-electron chi connectivity index (χ0n) is 7.95. The van der Waals surface area contributed by atoms with Crippen LogP contribution in [-0.4, -0.2) is 41.8 Å². The molecule has 1 heterocycles. The lowest BCUT2D eigenvalue weighted by atomic mass is 10.1. The lowest BCUT2D eigenvalue weighted by Gasteiger charge is -2.35. The van der Waals surface area contributed by atoms with Crippen LogP contribution in [0.5, 0.6) is 0 Å². The highest BCUT2D eigenvalue weighted by Gasteiger charge is 2.35. The van der Waals surface area contributed by atoms with Crippen molar-refractivity contribution in [1.29, 1.82) is 0 Å². The van der Waals surface area contributed by atoms with Gasteiger partial charge in [0, 0.05) is 5.67 Å². The summed E-state index contributed by atoms with van der Waals surface area (Å²) in [6.45, 7) is 5.58. The molecule has 0 radical (unpaired) electrons. The van der Waals surface area contributed by atoms with Gasteiger partial charge in [0.1, 0.15) is 0 Å². The summed E-state index contributed by atoms with van der Waals surface area (Å²) in [4.78, 5) is 21.2. The molecule has 3 nitrogen and oxygen atoms in total. The fourth-order valence-electron chi connectivity index (χ4n) is 1.65. The van der Waals surface area contributed by atoms with Crippen LogP contribution in [0, 0.1) is 0 Å². The van der Waals surface area contributed by atoms with E-state index in [0.717, 1.165) is 13.1 Å². The Bertz CT molecular complexity index is 140. The molecule has 1 fully saturated rings. The van der Waals surface area contributed by atoms with Crippen LogP contribution in [0.4, 0.5) is 0 Å². The first-order chi connectivity index (χ1) is 5.52. The van der Waals surface area contributed by atoms with Crippen molar-refractivity contribution in [1.82, 2.24) is 4.90 Å². The van der Waals surface area contributed by atoms with Crippen LogP contribution >= 0.6 is 0 Å². The Balaban J connectivity index is 2.45. The summed E-state index contributed by atoms with van der Waals surface area (Å²) in [5.41, 5.74) is -0.0159. The van der Waals surface area contributed by atoms with Crippen LogP contribution in [-0.2, 0) is 0 Å². The van der Waals surface area contributed by atoms with E-state index in [0.29, 0.717) is 0 Å². The minimum Gasteiger partial charge on any atom is -0.410 e. The van der Waals surface area contributed by atoms with Gasteiger partial charge in [0.05, 0.1) is 0 Å². The molecule has 0 amide bonds. The highest BCUT2D eigenvalue weighted by Crippen LogP contribution is 2.15. The number of likely N-dealkylation sites (tertiary alicyclic amines) is 1. The monoisotopic (exact) mass is 189 g/mol. The van der Waals surface area contributed by atoms with Crippen molar-refractivity contribution in [2.24, 2.45) is 0 Å². The molecule has 1 aliphatic heterocycles. The molecular formula is C8H19NO2Si. The van der Waals surface area contributed by atoms with Gasteiger partial charge in [-0.05, 0) is 39.4 Å². The van der Waals surface area contributed by atoms with E-state index < -0.39 is 8.56 Å². The van der Waals surface area contributed by atoms with Crippen LogP contribution in [0.1, 0.15) is 26.2 Å². The third-order valence-electron chi connectivity index (χ3n) is 2.73. The van der Waals surface area contributed by atoms with Crippen molar-refractivity contribution in [3.05, 3.63) is 0 Å². The summed E-state index contributed by atoms with van der Waals surface area (Å²) >= 11 is 0. The van der Waals surface area contributed by atoms with Crippen LogP contribution in [0.3, 0.4) is 0 Å². The zero-order chi connectivity index (χ0) is 9.19. The fourth-order valence-corrected chi connectivity index (χ4v) is 2.60. The van der Waals surface area contributed by atoms with Crippen molar-refractivity contribution < 1.29 is 9.59 Å². The van der Waals surface area contributed by atoms with Gasteiger partial charge >= 0.3 is 8.56 Å². The smallest absolute Gasteiger partial charge is 0.347 e. The van der Waals surface area contributed by atoms with Gasteiger partial charge in [-0.15, -0.1) is 0 Å². The molecule has 0 aromatic carbocycles. The molecule has 4 heteroatoms. The van der Waals surface area contributed by atoms with Crippen LogP contribution in [0.15, 0.2) is 0 Å². The third-order valence-corrected chi connectivity index (χ3v) is 4.68. The first-order valence-electron chi connectivity index (χ1n) is 4.70. The molecule has 12 heavy (non-hydrogen) atoms. The Hall–Kier alpha value is 0.0969. The summed E-state index contributed by atoms with van der Waals surface area (Å²) in [6.07, 6.45) is 3.70. The average molecular weight is 189 g/mol. The van der Waals surface area contributed by atoms with Gasteiger partial charge in [-0.3, -0.25) is 4.90 Å². The molecule has 0 spiro atoms. The summed E-state index contributed by atoms with van der Waals surface area (Å²) in [5, 5.41) is 0. The zero-order valence-corrected chi connectivity index (χ0v) is 8.95. The van der Waals surface area contributed by atoms with Crippen molar-refractivity contribution in [2.75, 3.05) is 13.1 Å². The molecule has 1 saturated heterocycles. The van der Waals surface area contributed by atoms with E-state index in [4.69, 9.17) is 0 Å². The maximum atomic E-state index is 9.49. The topological polar surface area (TPSA) is 43.7 Å². The number of rotatable bonds is 2. The van der Waals surface area contributed by atoms with E-state index >= 15 is 0 Å². The summed E-state index contributed by atoms with van der Waals surface area (Å²) in [6, 6.07) is 0. The van der Waals surface area contributed by atoms with Gasteiger partial charge in [-0.1, -0.05) is 6.42 Å². The van der Waals surface area contributed by atoms with E-state index in [-0.39, 0.29) is 5.67 Å². The molecule has 0 aromatic rings. The van der Waals surface area contributed by atoms with E-state index in [1.807, 2.05) is 6.92 Å². The molecule has 0 bridgehead atoms. The van der Waals surface area contributed by atoms with Gasteiger partial charge in [0.25, 0.3) is 0 Å². The second-order valence-corrected chi connectivity index (χ2v) is 6.89. The quantitative estimate of drug-likeness (QED) is 0.620. The van der Waals surface area contributed by atoms with Gasteiger partial charge < -0.3 is 9.59 Å². The highest BCUT2D eigenvalue weighted by molar-refractivity contribution is 6.64. The lowest BCUT2D eigenvalue weighted by Crippen LogP contribution is -2.55. The van der Waals surface area contributed by atoms with Crippen molar-refractivity contribution >= 4 is 8.56 Å². The average Bonchev–Trinajstić information content (AvgIpc) is 2.03. The predicted octanol–water partition coefficient (Wildman–Crippen LogP) is 0.457. The Morgan fingerprint density at radius 1 is 1.17 bits per heavy atom. The molecule has 1 rings (SSSR count). The van der Waals surface area contributed by atoms with Crippen molar-refractivity contribution in [3.63, 3.8) is 0 Å². The molecule has 0 aromatic heterocycles. The molecule has 2 N–H and O–H groups in total. The lowest BCUT2D eigenvalue weighted by molar-refractivity contribution is 0.178. The Labute approximate surface area is 75.3 Å². The normalized spacial score (nSPS) is 24.0. The Morgan fingerprint density at radius 2 is 1.67 bits per heavy atom. The van der Waals surface area contributed by atoms with Crippen LogP contribution < -0.4 is 0 Å². The molecule has 0 aliphatic carbocycles. The maximum absolute atomic E-state index is 9.49. The largest absolute Gasteiger partial charge is 0.410 e.